The second kappa shape index (κ2) is 6.40. The maximum atomic E-state index is 13.8. The van der Waals surface area contributed by atoms with E-state index in [1.54, 1.807) is 0 Å². The van der Waals surface area contributed by atoms with E-state index in [2.05, 4.69) is 0 Å². The summed E-state index contributed by atoms with van der Waals surface area (Å²) in [5.74, 6) is -2.34. The number of aliphatic carboxylic acids is 1. The van der Waals surface area contributed by atoms with Crippen molar-refractivity contribution in [1.29, 1.82) is 0 Å². The Morgan fingerprint density at radius 1 is 1.25 bits per heavy atom. The van der Waals surface area contributed by atoms with Crippen LogP contribution in [-0.2, 0) is 16.5 Å². The van der Waals surface area contributed by atoms with Gasteiger partial charge >= 0.3 is 12.1 Å². The van der Waals surface area contributed by atoms with E-state index in [0.29, 0.717) is 18.5 Å². The van der Waals surface area contributed by atoms with E-state index in [0.717, 1.165) is 28.3 Å². The maximum Gasteiger partial charge on any atom is 0.419 e. The highest BCUT2D eigenvalue weighted by molar-refractivity contribution is 8.00. The lowest BCUT2D eigenvalue weighted by molar-refractivity contribution is -0.140. The average molecular weight is 411 g/mol. The van der Waals surface area contributed by atoms with Crippen molar-refractivity contribution in [1.82, 2.24) is 0 Å². The zero-order valence-electron chi connectivity index (χ0n) is 14.9. The predicted molar refractivity (Wildman–Crippen MR) is 98.1 cm³/mol. The minimum absolute atomic E-state index is 0.143. The molecule has 0 aliphatic carbocycles. The first-order valence-corrected chi connectivity index (χ1v) is 9.65. The molecule has 8 heteroatoms. The van der Waals surface area contributed by atoms with Gasteiger partial charge in [0.2, 0.25) is 0 Å². The molecule has 2 unspecified atom stereocenters. The quantitative estimate of drug-likeness (QED) is 0.689. The lowest BCUT2D eigenvalue weighted by atomic mass is 9.73. The minimum Gasteiger partial charge on any atom is -0.480 e. The van der Waals surface area contributed by atoms with Crippen molar-refractivity contribution in [2.45, 2.75) is 41.6 Å². The van der Waals surface area contributed by atoms with Gasteiger partial charge in [0.25, 0.3) is 0 Å². The largest absolute Gasteiger partial charge is 0.480 e. The summed E-state index contributed by atoms with van der Waals surface area (Å²) in [6.07, 6.45) is -4.16. The molecule has 1 fully saturated rings. The second-order valence-corrected chi connectivity index (χ2v) is 8.49. The smallest absolute Gasteiger partial charge is 0.419 e. The van der Waals surface area contributed by atoms with Gasteiger partial charge in [-0.25, -0.2) is 4.39 Å². The van der Waals surface area contributed by atoms with Gasteiger partial charge in [0.05, 0.1) is 16.8 Å². The van der Waals surface area contributed by atoms with Crippen molar-refractivity contribution in [3.05, 3.63) is 58.9 Å². The molecule has 0 bridgehead atoms. The van der Waals surface area contributed by atoms with Crippen LogP contribution in [0.15, 0.2) is 41.3 Å². The van der Waals surface area contributed by atoms with Crippen molar-refractivity contribution >= 4 is 23.4 Å². The van der Waals surface area contributed by atoms with Crippen LogP contribution in [0.4, 0.5) is 23.2 Å². The van der Waals surface area contributed by atoms with E-state index < -0.39 is 34.3 Å². The predicted octanol–water partition coefficient (Wildman–Crippen LogP) is 5.21. The lowest BCUT2D eigenvalue weighted by Gasteiger charge is -2.55. The molecule has 0 saturated carbocycles. The average Bonchev–Trinajstić information content (AvgIpc) is 2.67. The van der Waals surface area contributed by atoms with Crippen LogP contribution in [0.3, 0.4) is 0 Å². The zero-order valence-corrected chi connectivity index (χ0v) is 15.7. The Morgan fingerprint density at radius 3 is 2.61 bits per heavy atom. The summed E-state index contributed by atoms with van der Waals surface area (Å²) in [6.45, 7) is 2.51. The summed E-state index contributed by atoms with van der Waals surface area (Å²) in [4.78, 5) is 14.6. The van der Waals surface area contributed by atoms with E-state index in [1.807, 2.05) is 30.0 Å². The third kappa shape index (κ3) is 2.94. The maximum absolute atomic E-state index is 13.8. The summed E-state index contributed by atoms with van der Waals surface area (Å²) >= 11 is 1.21. The van der Waals surface area contributed by atoms with E-state index in [9.17, 15) is 27.5 Å². The van der Waals surface area contributed by atoms with Gasteiger partial charge in [0, 0.05) is 11.4 Å². The van der Waals surface area contributed by atoms with Gasteiger partial charge in [-0.3, -0.25) is 4.79 Å². The Bertz CT molecular complexity index is 962. The van der Waals surface area contributed by atoms with Crippen LogP contribution in [0.2, 0.25) is 0 Å². The molecule has 1 saturated heterocycles. The van der Waals surface area contributed by atoms with E-state index in [-0.39, 0.29) is 6.42 Å². The SMILES string of the molecule is Cc1ccc2c(c1)N1CCC1(c1ccc(F)c(C(F)(F)F)c1)CC(C(=O)O)S2. The van der Waals surface area contributed by atoms with Crippen LogP contribution in [-0.4, -0.2) is 22.9 Å². The van der Waals surface area contributed by atoms with Gasteiger partial charge in [0.15, 0.2) is 0 Å². The van der Waals surface area contributed by atoms with Gasteiger partial charge < -0.3 is 10.0 Å². The van der Waals surface area contributed by atoms with Crippen molar-refractivity contribution in [3.63, 3.8) is 0 Å². The molecular formula is C20H17F4NO2S. The first-order valence-electron chi connectivity index (χ1n) is 8.77. The summed E-state index contributed by atoms with van der Waals surface area (Å²) < 4.78 is 53.6. The highest BCUT2D eigenvalue weighted by Gasteiger charge is 2.52. The number of rotatable bonds is 2. The lowest BCUT2D eigenvalue weighted by Crippen LogP contribution is -2.58. The number of fused-ring (bicyclic) bond motifs is 3. The molecule has 2 aromatic carbocycles. The highest BCUT2D eigenvalue weighted by Crippen LogP contribution is 2.55. The molecule has 0 spiro atoms. The number of carboxylic acids is 1. The molecule has 2 aliphatic heterocycles. The Hall–Kier alpha value is -2.22. The molecule has 2 aromatic rings. The van der Waals surface area contributed by atoms with Crippen LogP contribution in [0, 0.1) is 12.7 Å². The third-order valence-corrected chi connectivity index (χ3v) is 6.80. The molecule has 1 N–H and O–H groups in total. The molecule has 2 aliphatic rings. The number of benzene rings is 2. The summed E-state index contributed by atoms with van der Waals surface area (Å²) in [7, 11) is 0. The molecule has 2 atom stereocenters. The van der Waals surface area contributed by atoms with Crippen molar-refractivity contribution in [2.24, 2.45) is 0 Å². The molecular weight excluding hydrogens is 394 g/mol. The summed E-state index contributed by atoms with van der Waals surface area (Å²) in [6, 6.07) is 8.68. The Kier molecular flexibility index (Phi) is 4.37. The fourth-order valence-electron chi connectivity index (χ4n) is 4.08. The molecule has 2 heterocycles. The van der Waals surface area contributed by atoms with E-state index in [1.165, 1.54) is 17.8 Å². The van der Waals surface area contributed by atoms with Crippen molar-refractivity contribution in [3.8, 4) is 0 Å². The number of aryl methyl sites for hydroxylation is 1. The minimum atomic E-state index is -4.81. The van der Waals surface area contributed by atoms with Crippen LogP contribution in [0.1, 0.15) is 29.5 Å². The van der Waals surface area contributed by atoms with Crippen LogP contribution >= 0.6 is 11.8 Å². The number of halogens is 4. The molecule has 0 amide bonds. The molecule has 0 radical (unpaired) electrons. The topological polar surface area (TPSA) is 40.5 Å². The Morgan fingerprint density at radius 2 is 2.00 bits per heavy atom. The van der Waals surface area contributed by atoms with Gasteiger partial charge in [-0.15, -0.1) is 11.8 Å². The number of anilines is 1. The number of hydrogen-bond acceptors (Lipinski definition) is 3. The standard InChI is InChI=1S/C20H17F4NO2S/c1-11-2-5-16-15(8-11)25-7-6-19(25,10-17(28-16)18(26)27)12-3-4-14(21)13(9-12)20(22,23)24/h2-5,8-9,17H,6-7,10H2,1H3,(H,26,27). The van der Waals surface area contributed by atoms with Crippen LogP contribution in [0.25, 0.3) is 0 Å². The molecule has 148 valence electrons. The Labute approximate surface area is 163 Å². The summed E-state index contributed by atoms with van der Waals surface area (Å²) in [5.41, 5.74) is -0.127. The van der Waals surface area contributed by atoms with Gasteiger partial charge in [-0.05, 0) is 55.2 Å². The van der Waals surface area contributed by atoms with Crippen molar-refractivity contribution < 1.29 is 27.5 Å². The number of thioether (sulfide) groups is 1. The molecule has 3 nitrogen and oxygen atoms in total. The normalized spacial score (nSPS) is 24.0. The first-order chi connectivity index (χ1) is 13.1. The number of carboxylic acid groups (broad SMARTS) is 1. The van der Waals surface area contributed by atoms with Gasteiger partial charge in [0.1, 0.15) is 11.1 Å². The second-order valence-electron chi connectivity index (χ2n) is 7.25. The van der Waals surface area contributed by atoms with E-state index in [4.69, 9.17) is 0 Å². The van der Waals surface area contributed by atoms with Crippen LogP contribution in [0.5, 0.6) is 0 Å². The molecule has 0 aromatic heterocycles. The highest BCUT2D eigenvalue weighted by atomic mass is 32.2. The van der Waals surface area contributed by atoms with Gasteiger partial charge in [-0.2, -0.15) is 13.2 Å². The van der Waals surface area contributed by atoms with Gasteiger partial charge in [-0.1, -0.05) is 12.1 Å². The first kappa shape index (κ1) is 19.1. The Balaban J connectivity index is 1.89. The third-order valence-electron chi connectivity index (χ3n) is 5.55. The number of carbonyl (C=O) groups is 1. The summed E-state index contributed by atoms with van der Waals surface area (Å²) in [5, 5.41) is 8.87. The van der Waals surface area contributed by atoms with Crippen molar-refractivity contribution in [2.75, 3.05) is 11.4 Å². The number of hydrogen-bond donors (Lipinski definition) is 1. The molecule has 4 rings (SSSR count). The fourth-order valence-corrected chi connectivity index (χ4v) is 5.29. The van der Waals surface area contributed by atoms with Crippen LogP contribution < -0.4 is 4.90 Å². The number of nitrogens with zero attached hydrogens (tertiary/aromatic N) is 1. The monoisotopic (exact) mass is 411 g/mol. The fraction of sp³-hybridized carbons (Fsp3) is 0.350. The van der Waals surface area contributed by atoms with E-state index >= 15 is 0 Å². The number of alkyl halides is 3. The molecule has 28 heavy (non-hydrogen) atoms. The zero-order chi connectivity index (χ0) is 20.3.